The predicted molar refractivity (Wildman–Crippen MR) is 288 cm³/mol. The van der Waals surface area contributed by atoms with Crippen LogP contribution < -0.4 is 5.32 Å². The highest BCUT2D eigenvalue weighted by Gasteiger charge is 2.59. The Morgan fingerprint density at radius 2 is 0.877 bits per heavy atom. The number of hydrogen-bond acceptors (Lipinski definition) is 20. The number of amides is 1. The van der Waals surface area contributed by atoms with Crippen LogP contribution in [0.25, 0.3) is 0 Å². The van der Waals surface area contributed by atoms with Crippen LogP contribution in [0.5, 0.6) is 0 Å². The van der Waals surface area contributed by atoms with Gasteiger partial charge in [0.2, 0.25) is 5.91 Å². The van der Waals surface area contributed by atoms with Crippen LogP contribution in [0, 0.1) is 16.2 Å². The first-order chi connectivity index (χ1) is 38.1. The van der Waals surface area contributed by atoms with Crippen LogP contribution in [0.15, 0.2) is 91.0 Å². The summed E-state index contributed by atoms with van der Waals surface area (Å²) in [5.41, 5.74) is -0.763. The summed E-state index contributed by atoms with van der Waals surface area (Å²) < 4.78 is 83.4. The summed E-state index contributed by atoms with van der Waals surface area (Å²) in [4.78, 5) is 80.4. The molecule has 6 rings (SSSR count). The molecule has 446 valence electrons. The SMILES string of the molecule is CC(=O)N[C@@H]1[C@@H](O[C@@H]2O[C@@H](C)[C@@H](OCc3ccccc3)[C@@H](OCc3ccccc3)[C@@H]2OCc2ccccc2)[C@H](O[C@@H]2O[C@H](COC(=O)C(C)(C)C)[C@H](OC(C)=O)[C@H](OC(=O)C(C)(C)C)[C@H]2OC(C)=O)[C@@H](COC(=O)C(C)(C)C)O[C@H]1O. The molecule has 3 aromatic carbocycles. The first-order valence-corrected chi connectivity index (χ1v) is 27.2. The molecule has 0 aliphatic carbocycles. The van der Waals surface area contributed by atoms with Gasteiger partial charge >= 0.3 is 29.8 Å². The number of nitrogens with one attached hydrogen (secondary N) is 1. The average Bonchev–Trinajstić information content (AvgIpc) is 3.53. The van der Waals surface area contributed by atoms with E-state index in [-0.39, 0.29) is 19.8 Å². The zero-order valence-electron chi connectivity index (χ0n) is 48.6. The van der Waals surface area contributed by atoms with Gasteiger partial charge in [-0.3, -0.25) is 28.8 Å². The Balaban J connectivity index is 1.52. The highest BCUT2D eigenvalue weighted by atomic mass is 16.8. The van der Waals surface area contributed by atoms with Gasteiger partial charge in [-0.2, -0.15) is 0 Å². The zero-order chi connectivity index (χ0) is 59.4. The Morgan fingerprint density at radius 3 is 1.32 bits per heavy atom. The molecule has 0 spiro atoms. The zero-order valence-corrected chi connectivity index (χ0v) is 48.6. The molecule has 3 aliphatic rings. The van der Waals surface area contributed by atoms with Crippen LogP contribution in [0.1, 0.15) is 107 Å². The van der Waals surface area contributed by atoms with Crippen molar-refractivity contribution in [2.24, 2.45) is 16.2 Å². The highest BCUT2D eigenvalue weighted by molar-refractivity contribution is 5.77. The molecule has 21 heteroatoms. The van der Waals surface area contributed by atoms with E-state index in [9.17, 15) is 33.9 Å². The number of aliphatic hydroxyl groups excluding tert-OH is 1. The standard InChI is InChI=1S/C60H81NO20/c1-34-44(69-29-38-23-17-14-18-24-38)48(70-30-39-25-19-15-20-26-39)50(71-31-40-27-21-16-22-28-40)53(74-34)80-47-43(61-35(2)62)52(65)77-41(32-72-55(66)58(5,6)7)45(47)79-54-51(76-37(4)64)49(81-57(68)60(11,12)13)46(75-36(3)63)42(78-54)33-73-56(67)59(8,9)10/h14-28,34,41-54,65H,29-33H2,1-13H3,(H,61,62)/t34-,41+,42+,43+,44+,45+,46-,47+,48+,49-,50-,51+,52+,53-,54-/m0/s1. The lowest BCUT2D eigenvalue weighted by Crippen LogP contribution is -2.70. The Bertz CT molecular complexity index is 2530. The molecule has 0 unspecified atom stereocenters. The van der Waals surface area contributed by atoms with Gasteiger partial charge in [0.1, 0.15) is 62.0 Å². The smallest absolute Gasteiger partial charge is 0.311 e. The van der Waals surface area contributed by atoms with Gasteiger partial charge in [0.05, 0.1) is 42.2 Å². The van der Waals surface area contributed by atoms with E-state index in [1.54, 1.807) is 69.2 Å². The van der Waals surface area contributed by atoms with Crippen molar-refractivity contribution in [3.8, 4) is 0 Å². The summed E-state index contributed by atoms with van der Waals surface area (Å²) in [7, 11) is 0. The lowest BCUT2D eigenvalue weighted by molar-refractivity contribution is -0.377. The summed E-state index contributed by atoms with van der Waals surface area (Å²) in [6.45, 7) is 18.7. The van der Waals surface area contributed by atoms with Crippen molar-refractivity contribution >= 4 is 35.8 Å². The molecule has 81 heavy (non-hydrogen) atoms. The van der Waals surface area contributed by atoms with Gasteiger partial charge in [-0.25, -0.2) is 0 Å². The van der Waals surface area contributed by atoms with E-state index in [1.807, 2.05) is 91.0 Å². The summed E-state index contributed by atoms with van der Waals surface area (Å²) in [5.74, 6) is -4.60. The third-order valence-electron chi connectivity index (χ3n) is 13.2. The van der Waals surface area contributed by atoms with Crippen molar-refractivity contribution in [2.75, 3.05) is 13.2 Å². The second kappa shape index (κ2) is 28.4. The molecular weight excluding hydrogens is 1050 g/mol. The van der Waals surface area contributed by atoms with Gasteiger partial charge in [0, 0.05) is 20.8 Å². The fourth-order valence-electron chi connectivity index (χ4n) is 9.01. The molecule has 0 radical (unpaired) electrons. The number of carbonyl (C=O) groups excluding carboxylic acids is 6. The monoisotopic (exact) mass is 1140 g/mol. The maximum absolute atomic E-state index is 14.0. The first kappa shape index (κ1) is 64.3. The molecular formula is C60H81NO20. The third kappa shape index (κ3) is 18.3. The summed E-state index contributed by atoms with van der Waals surface area (Å²) >= 11 is 0. The van der Waals surface area contributed by atoms with Crippen LogP contribution in [-0.2, 0) is 110 Å². The second-order valence-electron chi connectivity index (χ2n) is 23.5. The topological polar surface area (TPSA) is 255 Å². The molecule has 2 N–H and O–H groups in total. The number of rotatable bonds is 21. The van der Waals surface area contributed by atoms with Gasteiger partial charge in [-0.1, -0.05) is 91.0 Å². The van der Waals surface area contributed by atoms with Crippen molar-refractivity contribution in [2.45, 2.75) is 202 Å². The van der Waals surface area contributed by atoms with Crippen molar-refractivity contribution in [1.82, 2.24) is 5.32 Å². The van der Waals surface area contributed by atoms with Gasteiger partial charge < -0.3 is 72.0 Å². The second-order valence-corrected chi connectivity index (χ2v) is 23.5. The predicted octanol–water partition coefficient (Wildman–Crippen LogP) is 6.20. The highest BCUT2D eigenvalue weighted by Crippen LogP contribution is 2.39. The van der Waals surface area contributed by atoms with E-state index in [0.29, 0.717) is 0 Å². The van der Waals surface area contributed by atoms with Gasteiger partial charge in [-0.15, -0.1) is 0 Å². The molecule has 15 atom stereocenters. The molecule has 1 amide bonds. The summed E-state index contributed by atoms with van der Waals surface area (Å²) in [6, 6.07) is 26.8. The molecule has 3 heterocycles. The van der Waals surface area contributed by atoms with Gasteiger partial charge in [0.25, 0.3) is 0 Å². The van der Waals surface area contributed by atoms with E-state index in [1.165, 1.54) is 6.92 Å². The Kier molecular flexibility index (Phi) is 22.5. The van der Waals surface area contributed by atoms with Crippen LogP contribution in [0.4, 0.5) is 0 Å². The Labute approximate surface area is 474 Å². The largest absolute Gasteiger partial charge is 0.462 e. The number of hydrogen-bond donors (Lipinski definition) is 2. The summed E-state index contributed by atoms with van der Waals surface area (Å²) in [6.07, 6.45) is -20.4. The van der Waals surface area contributed by atoms with E-state index >= 15 is 0 Å². The maximum atomic E-state index is 14.0. The third-order valence-corrected chi connectivity index (χ3v) is 13.2. The van der Waals surface area contributed by atoms with Crippen molar-refractivity contribution < 1.29 is 95.5 Å². The van der Waals surface area contributed by atoms with Crippen molar-refractivity contribution in [1.29, 1.82) is 0 Å². The minimum atomic E-state index is -1.90. The van der Waals surface area contributed by atoms with Gasteiger partial charge in [-0.05, 0) is 85.9 Å². The maximum Gasteiger partial charge on any atom is 0.311 e. The molecule has 0 bridgehead atoms. The van der Waals surface area contributed by atoms with Crippen LogP contribution in [0.2, 0.25) is 0 Å². The number of ether oxygens (including phenoxy) is 13. The fourth-order valence-corrected chi connectivity index (χ4v) is 9.01. The number of benzene rings is 3. The van der Waals surface area contributed by atoms with Crippen molar-refractivity contribution in [3.05, 3.63) is 108 Å². The van der Waals surface area contributed by atoms with Crippen LogP contribution >= 0.6 is 0 Å². The normalized spacial score (nSPS) is 28.9. The first-order valence-electron chi connectivity index (χ1n) is 27.2. The quantitative estimate of drug-likeness (QED) is 0.0888. The lowest BCUT2D eigenvalue weighted by Gasteiger charge is -2.51. The minimum absolute atomic E-state index is 0.00980. The molecule has 21 nitrogen and oxygen atoms in total. The summed E-state index contributed by atoms with van der Waals surface area (Å²) in [5, 5.41) is 14.8. The molecule has 3 aliphatic heterocycles. The van der Waals surface area contributed by atoms with E-state index < -0.39 is 157 Å². The Hall–Kier alpha value is -5.88. The fraction of sp³-hybridized carbons (Fsp3) is 0.600. The molecule has 0 saturated carbocycles. The molecule has 0 aromatic heterocycles. The minimum Gasteiger partial charge on any atom is -0.462 e. The van der Waals surface area contributed by atoms with E-state index in [0.717, 1.165) is 30.5 Å². The molecule has 3 aromatic rings. The van der Waals surface area contributed by atoms with Crippen LogP contribution in [0.3, 0.4) is 0 Å². The average molecular weight is 1140 g/mol. The Morgan fingerprint density at radius 1 is 0.469 bits per heavy atom. The van der Waals surface area contributed by atoms with Crippen LogP contribution in [-0.4, -0.2) is 146 Å². The lowest BCUT2D eigenvalue weighted by atomic mass is 9.93. The molecule has 3 fully saturated rings. The van der Waals surface area contributed by atoms with Gasteiger partial charge in [0.15, 0.2) is 37.2 Å². The van der Waals surface area contributed by atoms with Crippen molar-refractivity contribution in [3.63, 3.8) is 0 Å². The van der Waals surface area contributed by atoms with E-state index in [4.69, 9.17) is 61.6 Å². The number of aliphatic hydroxyl groups is 1. The number of carbonyl (C=O) groups is 6. The van der Waals surface area contributed by atoms with E-state index in [2.05, 4.69) is 5.32 Å². The molecule has 3 saturated heterocycles. The number of esters is 5.